The van der Waals surface area contributed by atoms with E-state index in [-0.39, 0.29) is 5.91 Å². The summed E-state index contributed by atoms with van der Waals surface area (Å²) in [5.74, 6) is 1.32. The molecule has 1 N–H and O–H groups in total. The molecule has 0 saturated carbocycles. The highest BCUT2D eigenvalue weighted by molar-refractivity contribution is 6.05. The number of carbonyl (C=O) groups excluding carboxylic acids is 1. The highest BCUT2D eigenvalue weighted by atomic mass is 16.5. The Kier molecular flexibility index (Phi) is 6.79. The van der Waals surface area contributed by atoms with Gasteiger partial charge in [-0.05, 0) is 62.2 Å². The molecule has 4 aromatic rings. The maximum Gasteiger partial charge on any atom is 0.248 e. The Labute approximate surface area is 193 Å². The van der Waals surface area contributed by atoms with E-state index in [1.165, 1.54) is 0 Å². The molecule has 3 aromatic carbocycles. The van der Waals surface area contributed by atoms with Gasteiger partial charge in [0.05, 0.1) is 19.5 Å². The first kappa shape index (κ1) is 22.2. The van der Waals surface area contributed by atoms with Crippen LogP contribution in [0.4, 0.5) is 5.69 Å². The fourth-order valence-electron chi connectivity index (χ4n) is 3.73. The summed E-state index contributed by atoms with van der Waals surface area (Å²) in [5.41, 5.74) is 5.12. The smallest absolute Gasteiger partial charge is 0.248 e. The van der Waals surface area contributed by atoms with E-state index in [1.54, 1.807) is 12.3 Å². The summed E-state index contributed by atoms with van der Waals surface area (Å²) in [7, 11) is 0. The summed E-state index contributed by atoms with van der Waals surface area (Å²) in [6.07, 6.45) is 3.34. The van der Waals surface area contributed by atoms with Gasteiger partial charge in [0.15, 0.2) is 0 Å². The van der Waals surface area contributed by atoms with Gasteiger partial charge in [-0.15, -0.1) is 0 Å². The van der Waals surface area contributed by atoms with Crippen LogP contribution in [0, 0.1) is 0 Å². The van der Waals surface area contributed by atoms with Crippen molar-refractivity contribution in [2.75, 3.05) is 18.5 Å². The summed E-state index contributed by atoms with van der Waals surface area (Å²) in [4.78, 5) is 12.6. The van der Waals surface area contributed by atoms with Crippen LogP contribution in [0.3, 0.4) is 0 Å². The zero-order valence-electron chi connectivity index (χ0n) is 19.1. The number of nitrogens with one attached hydrogen (secondary N) is 1. The van der Waals surface area contributed by atoms with Crippen LogP contribution in [0.2, 0.25) is 0 Å². The van der Waals surface area contributed by atoms with Gasteiger partial charge in [0.2, 0.25) is 5.91 Å². The van der Waals surface area contributed by atoms with Gasteiger partial charge in [-0.25, -0.2) is 0 Å². The van der Waals surface area contributed by atoms with E-state index in [0.29, 0.717) is 19.0 Å². The third-order valence-corrected chi connectivity index (χ3v) is 5.27. The Balaban J connectivity index is 1.70. The molecule has 4 rings (SSSR count). The maximum atomic E-state index is 12.6. The lowest BCUT2D eigenvalue weighted by atomic mass is 9.99. The highest BCUT2D eigenvalue weighted by Crippen LogP contribution is 2.38. The van der Waals surface area contributed by atoms with Gasteiger partial charge in [-0.2, -0.15) is 0 Å². The normalized spacial score (nSPS) is 11.4. The van der Waals surface area contributed by atoms with Crippen LogP contribution < -0.4 is 14.8 Å². The maximum absolute atomic E-state index is 12.6. The van der Waals surface area contributed by atoms with Crippen molar-refractivity contribution >= 4 is 28.1 Å². The number of hydrogen-bond donors (Lipinski definition) is 1. The molecular formula is C28H27NO4. The fourth-order valence-corrected chi connectivity index (χ4v) is 3.73. The van der Waals surface area contributed by atoms with Crippen LogP contribution in [-0.4, -0.2) is 19.1 Å². The number of carbonyl (C=O) groups is 1. The van der Waals surface area contributed by atoms with Crippen molar-refractivity contribution < 1.29 is 18.7 Å². The van der Waals surface area contributed by atoms with Crippen LogP contribution in [0.25, 0.3) is 27.7 Å². The minimum atomic E-state index is -0.194. The van der Waals surface area contributed by atoms with E-state index in [2.05, 4.69) is 5.32 Å². The Bertz CT molecular complexity index is 1270. The Morgan fingerprint density at radius 1 is 0.970 bits per heavy atom. The summed E-state index contributed by atoms with van der Waals surface area (Å²) < 4.78 is 17.3. The molecule has 0 saturated heterocycles. The number of ether oxygens (including phenoxy) is 2. The van der Waals surface area contributed by atoms with Gasteiger partial charge < -0.3 is 19.2 Å². The average molecular weight is 442 g/mol. The third kappa shape index (κ3) is 5.09. The monoisotopic (exact) mass is 441 g/mol. The molecular weight excluding hydrogens is 414 g/mol. The fraction of sp³-hybridized carbons (Fsp3) is 0.179. The SMILES string of the molecule is CCOc1ccc(-c2coc3cc(OCC)c(/C(C)=C/C(=O)Nc4ccccc4)cc23)cc1. The lowest BCUT2D eigenvalue weighted by molar-refractivity contribution is -0.111. The number of hydrogen-bond acceptors (Lipinski definition) is 4. The number of allylic oxidation sites excluding steroid dienone is 1. The van der Waals surface area contributed by atoms with Crippen molar-refractivity contribution in [2.45, 2.75) is 20.8 Å². The zero-order chi connectivity index (χ0) is 23.2. The largest absolute Gasteiger partial charge is 0.494 e. The summed E-state index contributed by atoms with van der Waals surface area (Å²) >= 11 is 0. The number of amides is 1. The second-order valence-electron chi connectivity index (χ2n) is 7.57. The first-order valence-electron chi connectivity index (χ1n) is 11.0. The number of rotatable bonds is 8. The second-order valence-corrected chi connectivity index (χ2v) is 7.57. The van der Waals surface area contributed by atoms with Gasteiger partial charge in [0.25, 0.3) is 0 Å². The lowest BCUT2D eigenvalue weighted by Gasteiger charge is -2.12. The van der Waals surface area contributed by atoms with E-state index >= 15 is 0 Å². The minimum Gasteiger partial charge on any atom is -0.494 e. The Morgan fingerprint density at radius 2 is 1.70 bits per heavy atom. The lowest BCUT2D eigenvalue weighted by Crippen LogP contribution is -2.08. The predicted octanol–water partition coefficient (Wildman–Crippen LogP) is 6.94. The zero-order valence-corrected chi connectivity index (χ0v) is 19.1. The van der Waals surface area contributed by atoms with E-state index < -0.39 is 0 Å². The summed E-state index contributed by atoms with van der Waals surface area (Å²) in [5, 5.41) is 3.85. The number of furan rings is 1. The van der Waals surface area contributed by atoms with E-state index in [0.717, 1.165) is 44.7 Å². The first-order chi connectivity index (χ1) is 16.1. The Morgan fingerprint density at radius 3 is 2.39 bits per heavy atom. The molecule has 33 heavy (non-hydrogen) atoms. The number of anilines is 1. The van der Waals surface area contributed by atoms with Crippen LogP contribution in [0.15, 0.2) is 83.5 Å². The predicted molar refractivity (Wildman–Crippen MR) is 133 cm³/mol. The molecule has 0 unspecified atom stereocenters. The van der Waals surface area contributed by atoms with Gasteiger partial charge in [0, 0.05) is 34.3 Å². The molecule has 1 heterocycles. The van der Waals surface area contributed by atoms with Crippen molar-refractivity contribution in [1.29, 1.82) is 0 Å². The first-order valence-corrected chi connectivity index (χ1v) is 11.0. The highest BCUT2D eigenvalue weighted by Gasteiger charge is 2.15. The van der Waals surface area contributed by atoms with Crippen molar-refractivity contribution in [3.8, 4) is 22.6 Å². The molecule has 0 atom stereocenters. The molecule has 0 aliphatic heterocycles. The molecule has 5 heteroatoms. The van der Waals surface area contributed by atoms with Crippen LogP contribution in [-0.2, 0) is 4.79 Å². The standard InChI is InChI=1S/C28H27NO4/c1-4-31-22-13-11-20(12-14-22)25-18-33-27-17-26(32-5-2)23(16-24(25)27)19(3)15-28(30)29-21-9-7-6-8-10-21/h6-18H,4-5H2,1-3H3,(H,29,30)/b19-15+. The molecule has 0 radical (unpaired) electrons. The molecule has 0 bridgehead atoms. The van der Waals surface area contributed by atoms with Crippen molar-refractivity contribution in [3.05, 3.63) is 84.6 Å². The molecule has 0 aliphatic carbocycles. The van der Waals surface area contributed by atoms with Gasteiger partial charge in [-0.3, -0.25) is 4.79 Å². The Hall–Kier alpha value is -3.99. The molecule has 1 amide bonds. The summed E-state index contributed by atoms with van der Waals surface area (Å²) in [6, 6.07) is 21.2. The van der Waals surface area contributed by atoms with Gasteiger partial charge in [0.1, 0.15) is 17.1 Å². The van der Waals surface area contributed by atoms with Crippen LogP contribution >= 0.6 is 0 Å². The third-order valence-electron chi connectivity index (χ3n) is 5.27. The van der Waals surface area contributed by atoms with E-state index in [4.69, 9.17) is 13.9 Å². The topological polar surface area (TPSA) is 60.7 Å². The quantitative estimate of drug-likeness (QED) is 0.301. The number of benzene rings is 3. The second kappa shape index (κ2) is 10.1. The molecule has 0 fully saturated rings. The van der Waals surface area contributed by atoms with Crippen molar-refractivity contribution in [3.63, 3.8) is 0 Å². The van der Waals surface area contributed by atoms with E-state index in [9.17, 15) is 4.79 Å². The average Bonchev–Trinajstić information content (AvgIpc) is 3.23. The van der Waals surface area contributed by atoms with Crippen LogP contribution in [0.5, 0.6) is 11.5 Å². The van der Waals surface area contributed by atoms with Gasteiger partial charge >= 0.3 is 0 Å². The molecule has 0 spiro atoms. The summed E-state index contributed by atoms with van der Waals surface area (Å²) in [6.45, 7) is 6.94. The van der Waals surface area contributed by atoms with Crippen LogP contribution in [0.1, 0.15) is 26.3 Å². The molecule has 5 nitrogen and oxygen atoms in total. The number of fused-ring (bicyclic) bond motifs is 1. The van der Waals surface area contributed by atoms with Crippen molar-refractivity contribution in [1.82, 2.24) is 0 Å². The molecule has 168 valence electrons. The minimum absolute atomic E-state index is 0.194. The molecule has 0 aliphatic rings. The number of para-hydroxylation sites is 1. The van der Waals surface area contributed by atoms with E-state index in [1.807, 2.05) is 87.5 Å². The van der Waals surface area contributed by atoms with Gasteiger partial charge in [-0.1, -0.05) is 30.3 Å². The molecule has 1 aromatic heterocycles. The van der Waals surface area contributed by atoms with Crippen molar-refractivity contribution in [2.24, 2.45) is 0 Å².